The summed E-state index contributed by atoms with van der Waals surface area (Å²) in [5.74, 6) is -0.554. The summed E-state index contributed by atoms with van der Waals surface area (Å²) in [6.45, 7) is 3.10. The molecule has 0 bridgehead atoms. The summed E-state index contributed by atoms with van der Waals surface area (Å²) in [6.07, 6.45) is 0. The van der Waals surface area contributed by atoms with Crippen LogP contribution in [0.4, 0.5) is 0 Å². The molecule has 0 atom stereocenters. The number of carbonyl (C=O) groups is 1. The summed E-state index contributed by atoms with van der Waals surface area (Å²) in [4.78, 5) is 10.0. The molecule has 0 aliphatic carbocycles. The molecule has 0 aromatic heterocycles. The normalized spacial score (nSPS) is 7.71. The minimum absolute atomic E-state index is 0.109. The summed E-state index contributed by atoms with van der Waals surface area (Å²) in [6, 6.07) is 0. The highest BCUT2D eigenvalue weighted by Gasteiger charge is 1.95. The van der Waals surface area contributed by atoms with Crippen molar-refractivity contribution in [1.82, 2.24) is 5.32 Å². The van der Waals surface area contributed by atoms with Gasteiger partial charge in [-0.25, -0.2) is 0 Å². The Balaban J connectivity index is 3.58. The standard InChI is InChI=1S/C4H4ClNO/c1-3(5)4(7)6-2/h2H,1H2,(H,6,7). The van der Waals surface area contributed by atoms with E-state index < -0.39 is 5.91 Å². The molecule has 0 aliphatic heterocycles. The zero-order chi connectivity index (χ0) is 5.86. The Hall–Kier alpha value is -0.500. The largest absolute Gasteiger partial charge is 0.344 e. The average Bonchev–Trinajstić information content (AvgIpc) is 1.65. The number of hydrogen-bond donors (Lipinski definition) is 1. The summed E-state index contributed by atoms with van der Waals surface area (Å²) in [5.41, 5.74) is 0. The quantitative estimate of drug-likeness (QED) is 0.394. The fourth-order valence-corrected chi connectivity index (χ4v) is 0.133. The van der Waals surface area contributed by atoms with Crippen LogP contribution in [0, 0.1) is 7.05 Å². The first-order valence-electron chi connectivity index (χ1n) is 1.54. The molecule has 0 fully saturated rings. The second kappa shape index (κ2) is 2.64. The van der Waals surface area contributed by atoms with E-state index in [-0.39, 0.29) is 5.03 Å². The molecule has 0 heterocycles. The zero-order valence-corrected chi connectivity index (χ0v) is 4.33. The van der Waals surface area contributed by atoms with Gasteiger partial charge in [-0.1, -0.05) is 18.2 Å². The highest BCUT2D eigenvalue weighted by atomic mass is 35.5. The lowest BCUT2D eigenvalue weighted by atomic mass is 10.6. The number of nitrogens with one attached hydrogen (secondary N) is 1. The molecule has 7 heavy (non-hydrogen) atoms. The molecule has 2 nitrogen and oxygen atoms in total. The van der Waals surface area contributed by atoms with Gasteiger partial charge in [-0.2, -0.15) is 0 Å². The van der Waals surface area contributed by atoms with E-state index in [2.05, 4.69) is 13.6 Å². The average molecular weight is 118 g/mol. The van der Waals surface area contributed by atoms with Gasteiger partial charge in [0.2, 0.25) is 0 Å². The van der Waals surface area contributed by atoms with Crippen molar-refractivity contribution >= 4 is 17.5 Å². The first kappa shape index (κ1) is 6.50. The van der Waals surface area contributed by atoms with Gasteiger partial charge in [0, 0.05) is 0 Å². The van der Waals surface area contributed by atoms with Crippen molar-refractivity contribution in [2.24, 2.45) is 0 Å². The van der Waals surface area contributed by atoms with Crippen LogP contribution in [0.15, 0.2) is 11.6 Å². The monoisotopic (exact) mass is 117 g/mol. The van der Waals surface area contributed by atoms with E-state index in [4.69, 9.17) is 11.6 Å². The fraction of sp³-hybridized carbons (Fsp3) is 0. The van der Waals surface area contributed by atoms with Crippen molar-refractivity contribution < 1.29 is 4.79 Å². The van der Waals surface area contributed by atoms with Crippen molar-refractivity contribution in [2.75, 3.05) is 0 Å². The minimum atomic E-state index is -0.554. The Morgan fingerprint density at radius 2 is 2.29 bits per heavy atom. The van der Waals surface area contributed by atoms with Crippen molar-refractivity contribution in [3.63, 3.8) is 0 Å². The number of carbonyl (C=O) groups excluding carboxylic acids is 1. The highest BCUT2D eigenvalue weighted by Crippen LogP contribution is 1.93. The van der Waals surface area contributed by atoms with Crippen LogP contribution < -0.4 is 5.32 Å². The Morgan fingerprint density at radius 1 is 1.86 bits per heavy atom. The van der Waals surface area contributed by atoms with Crippen molar-refractivity contribution in [1.29, 1.82) is 0 Å². The zero-order valence-electron chi connectivity index (χ0n) is 3.57. The van der Waals surface area contributed by atoms with Crippen LogP contribution in [0.3, 0.4) is 0 Å². The minimum Gasteiger partial charge on any atom is -0.344 e. The van der Waals surface area contributed by atoms with Crippen LogP contribution in [0.25, 0.3) is 0 Å². The van der Waals surface area contributed by atoms with Crippen LogP contribution in [-0.4, -0.2) is 5.91 Å². The number of rotatable bonds is 1. The van der Waals surface area contributed by atoms with Crippen LogP contribution in [0.2, 0.25) is 0 Å². The van der Waals surface area contributed by atoms with Crippen LogP contribution in [-0.2, 0) is 4.79 Å². The maximum Gasteiger partial charge on any atom is 0.262 e. The molecule has 38 valence electrons. The molecule has 0 spiro atoms. The number of hydrogen-bond acceptors (Lipinski definition) is 1. The molecular weight excluding hydrogens is 114 g/mol. The maximum atomic E-state index is 10.0. The molecule has 0 saturated heterocycles. The van der Waals surface area contributed by atoms with Crippen molar-refractivity contribution in [3.05, 3.63) is 18.7 Å². The molecule has 2 radical (unpaired) electrons. The molecule has 0 aromatic carbocycles. The van der Waals surface area contributed by atoms with Gasteiger partial charge < -0.3 is 5.32 Å². The summed E-state index contributed by atoms with van der Waals surface area (Å²) in [7, 11) is 4.63. The van der Waals surface area contributed by atoms with Gasteiger partial charge in [-0.3, -0.25) is 4.79 Å². The SMILES string of the molecule is [CH]NC(=O)C(=C)Cl. The maximum absolute atomic E-state index is 10.0. The molecule has 0 rings (SSSR count). The number of amides is 1. The van der Waals surface area contributed by atoms with Gasteiger partial charge in [0.1, 0.15) is 0 Å². The summed E-state index contributed by atoms with van der Waals surface area (Å²) >= 11 is 5.04. The highest BCUT2D eigenvalue weighted by molar-refractivity contribution is 6.41. The van der Waals surface area contributed by atoms with Gasteiger partial charge in [0.25, 0.3) is 5.91 Å². The van der Waals surface area contributed by atoms with Gasteiger partial charge in [0.05, 0.1) is 12.1 Å². The molecule has 1 amide bonds. The third-order valence-corrected chi connectivity index (χ3v) is 0.549. The molecule has 0 aliphatic rings. The lowest BCUT2D eigenvalue weighted by Crippen LogP contribution is -2.14. The van der Waals surface area contributed by atoms with E-state index in [9.17, 15) is 4.79 Å². The fourth-order valence-electron chi connectivity index (χ4n) is 0.0783. The number of halogens is 1. The van der Waals surface area contributed by atoms with E-state index >= 15 is 0 Å². The summed E-state index contributed by atoms with van der Waals surface area (Å²) < 4.78 is 0. The summed E-state index contributed by atoms with van der Waals surface area (Å²) in [5, 5.41) is 1.69. The second-order valence-corrected chi connectivity index (χ2v) is 1.33. The topological polar surface area (TPSA) is 29.1 Å². The first-order valence-corrected chi connectivity index (χ1v) is 1.91. The van der Waals surface area contributed by atoms with Gasteiger partial charge >= 0.3 is 0 Å². The Morgan fingerprint density at radius 3 is 2.29 bits per heavy atom. The predicted octanol–water partition coefficient (Wildman–Crippen LogP) is 0.524. The van der Waals surface area contributed by atoms with Crippen LogP contribution in [0.1, 0.15) is 0 Å². The first-order chi connectivity index (χ1) is 3.18. The Labute approximate surface area is 47.2 Å². The molecular formula is C4H4ClNO. The molecule has 1 N–H and O–H groups in total. The van der Waals surface area contributed by atoms with Gasteiger partial charge in [0.15, 0.2) is 0 Å². The van der Waals surface area contributed by atoms with Crippen LogP contribution in [0.5, 0.6) is 0 Å². The van der Waals surface area contributed by atoms with Gasteiger partial charge in [-0.15, -0.1) is 0 Å². The Bertz CT molecular complexity index is 99.9. The molecule has 0 aromatic rings. The third kappa shape index (κ3) is 2.23. The van der Waals surface area contributed by atoms with E-state index in [0.29, 0.717) is 0 Å². The van der Waals surface area contributed by atoms with Crippen LogP contribution >= 0.6 is 11.6 Å². The van der Waals surface area contributed by atoms with Crippen molar-refractivity contribution in [3.8, 4) is 0 Å². The lowest BCUT2D eigenvalue weighted by molar-refractivity contribution is -0.116. The smallest absolute Gasteiger partial charge is 0.262 e. The lowest BCUT2D eigenvalue weighted by Gasteiger charge is -1.88. The Kier molecular flexibility index (Phi) is 2.45. The van der Waals surface area contributed by atoms with Crippen molar-refractivity contribution in [2.45, 2.75) is 0 Å². The predicted molar refractivity (Wildman–Crippen MR) is 27.4 cm³/mol. The molecule has 0 saturated carbocycles. The van der Waals surface area contributed by atoms with E-state index in [1.807, 2.05) is 0 Å². The van der Waals surface area contributed by atoms with Gasteiger partial charge in [-0.05, 0) is 0 Å². The molecule has 3 heteroatoms. The van der Waals surface area contributed by atoms with E-state index in [1.165, 1.54) is 0 Å². The molecule has 0 unspecified atom stereocenters. The van der Waals surface area contributed by atoms with E-state index in [0.717, 1.165) is 0 Å². The van der Waals surface area contributed by atoms with E-state index in [1.54, 1.807) is 5.32 Å². The third-order valence-electron chi connectivity index (χ3n) is 0.377. The second-order valence-electron chi connectivity index (χ2n) is 0.878.